The summed E-state index contributed by atoms with van der Waals surface area (Å²) in [5.41, 5.74) is 0. The van der Waals surface area contributed by atoms with Crippen LogP contribution in [0.3, 0.4) is 0 Å². The first-order valence-electron chi connectivity index (χ1n) is 5.79. The molecule has 1 unspecified atom stereocenters. The Kier molecular flexibility index (Phi) is 5.40. The van der Waals surface area contributed by atoms with Gasteiger partial charge in [-0.1, -0.05) is 6.08 Å². The largest absolute Gasteiger partial charge is 0.342 e. The maximum atomic E-state index is 11.6. The Hall–Kier alpha value is -0.830. The summed E-state index contributed by atoms with van der Waals surface area (Å²) in [6.07, 6.45) is 5.98. The molecule has 1 heterocycles. The van der Waals surface area contributed by atoms with Crippen molar-refractivity contribution in [2.75, 3.05) is 26.7 Å². The van der Waals surface area contributed by atoms with Crippen molar-refractivity contribution in [2.24, 2.45) is 5.92 Å². The van der Waals surface area contributed by atoms with Crippen molar-refractivity contribution in [1.82, 2.24) is 10.2 Å². The molecule has 3 nitrogen and oxygen atoms in total. The third-order valence-corrected chi connectivity index (χ3v) is 2.99. The number of carbonyl (C=O) groups excluding carboxylic acids is 1. The summed E-state index contributed by atoms with van der Waals surface area (Å²) < 4.78 is 0. The molecule has 0 aromatic rings. The van der Waals surface area contributed by atoms with E-state index in [1.807, 2.05) is 7.05 Å². The van der Waals surface area contributed by atoms with Gasteiger partial charge in [0.2, 0.25) is 5.91 Å². The number of likely N-dealkylation sites (N-methyl/N-ethyl adjacent to an activating group) is 1. The fourth-order valence-electron chi connectivity index (χ4n) is 1.98. The summed E-state index contributed by atoms with van der Waals surface area (Å²) in [5, 5.41) is 3.37. The quantitative estimate of drug-likeness (QED) is 0.696. The Morgan fingerprint density at radius 1 is 1.67 bits per heavy atom. The minimum Gasteiger partial charge on any atom is -0.342 e. The molecule has 1 aliphatic rings. The van der Waals surface area contributed by atoms with E-state index in [1.54, 1.807) is 11.0 Å². The number of rotatable bonds is 5. The average Bonchev–Trinajstić information content (AvgIpc) is 2.27. The van der Waals surface area contributed by atoms with Crippen molar-refractivity contribution in [2.45, 2.75) is 25.7 Å². The predicted molar refractivity (Wildman–Crippen MR) is 62.7 cm³/mol. The van der Waals surface area contributed by atoms with Gasteiger partial charge in [0, 0.05) is 20.0 Å². The van der Waals surface area contributed by atoms with Crippen molar-refractivity contribution in [3.8, 4) is 0 Å². The lowest BCUT2D eigenvalue weighted by Crippen LogP contribution is -2.32. The molecule has 0 radical (unpaired) electrons. The number of hydrogen-bond acceptors (Lipinski definition) is 2. The minimum atomic E-state index is 0.237. The molecular formula is C12H22N2O. The lowest BCUT2D eigenvalue weighted by molar-refractivity contribution is -0.129. The molecule has 86 valence electrons. The second kappa shape index (κ2) is 6.62. The van der Waals surface area contributed by atoms with Gasteiger partial charge in [-0.25, -0.2) is 0 Å². The van der Waals surface area contributed by atoms with E-state index < -0.39 is 0 Å². The Morgan fingerprint density at radius 2 is 2.47 bits per heavy atom. The molecule has 3 heteroatoms. The highest BCUT2D eigenvalue weighted by Gasteiger charge is 2.15. The zero-order chi connectivity index (χ0) is 11.1. The molecule has 0 spiro atoms. The van der Waals surface area contributed by atoms with Gasteiger partial charge in [0.25, 0.3) is 0 Å². The summed E-state index contributed by atoms with van der Waals surface area (Å²) in [6, 6.07) is 0. The number of nitrogens with one attached hydrogen (secondary N) is 1. The third-order valence-electron chi connectivity index (χ3n) is 2.99. The van der Waals surface area contributed by atoms with E-state index in [2.05, 4.69) is 11.9 Å². The molecule has 0 bridgehead atoms. The Labute approximate surface area is 92.5 Å². The highest BCUT2D eigenvalue weighted by molar-refractivity contribution is 5.75. The standard InChI is InChI=1S/C12H22N2O/c1-3-9-14(2)12(15)7-6-11-5-4-8-13-10-11/h3,11,13H,1,4-10H2,2H3. The second-order valence-electron chi connectivity index (χ2n) is 4.31. The van der Waals surface area contributed by atoms with E-state index in [4.69, 9.17) is 0 Å². The van der Waals surface area contributed by atoms with Gasteiger partial charge in [-0.05, 0) is 38.3 Å². The summed E-state index contributed by atoms with van der Waals surface area (Å²) in [4.78, 5) is 13.4. The van der Waals surface area contributed by atoms with Crippen molar-refractivity contribution < 1.29 is 4.79 Å². The highest BCUT2D eigenvalue weighted by Crippen LogP contribution is 2.16. The molecule has 1 rings (SSSR count). The van der Waals surface area contributed by atoms with E-state index in [1.165, 1.54) is 12.8 Å². The van der Waals surface area contributed by atoms with Crippen LogP contribution in [0.2, 0.25) is 0 Å². The van der Waals surface area contributed by atoms with Gasteiger partial charge < -0.3 is 10.2 Å². The van der Waals surface area contributed by atoms with E-state index in [9.17, 15) is 4.79 Å². The van der Waals surface area contributed by atoms with Crippen LogP contribution in [-0.2, 0) is 4.79 Å². The summed E-state index contributed by atoms with van der Waals surface area (Å²) in [5.74, 6) is 0.931. The smallest absolute Gasteiger partial charge is 0.222 e. The molecule has 1 amide bonds. The van der Waals surface area contributed by atoms with E-state index in [0.717, 1.165) is 19.5 Å². The van der Waals surface area contributed by atoms with Gasteiger partial charge in [0.05, 0.1) is 0 Å². The number of piperidine rings is 1. The third kappa shape index (κ3) is 4.47. The van der Waals surface area contributed by atoms with Crippen molar-refractivity contribution in [3.05, 3.63) is 12.7 Å². The van der Waals surface area contributed by atoms with Gasteiger partial charge in [-0.15, -0.1) is 6.58 Å². The maximum Gasteiger partial charge on any atom is 0.222 e. The van der Waals surface area contributed by atoms with Crippen LogP contribution in [0.4, 0.5) is 0 Å². The number of amides is 1. The van der Waals surface area contributed by atoms with Crippen molar-refractivity contribution in [3.63, 3.8) is 0 Å². The predicted octanol–water partition coefficient (Wildman–Crippen LogP) is 1.41. The van der Waals surface area contributed by atoms with Crippen molar-refractivity contribution >= 4 is 5.91 Å². The fourth-order valence-corrected chi connectivity index (χ4v) is 1.98. The van der Waals surface area contributed by atoms with Gasteiger partial charge in [0.15, 0.2) is 0 Å². The van der Waals surface area contributed by atoms with Crippen LogP contribution in [0.1, 0.15) is 25.7 Å². The van der Waals surface area contributed by atoms with Crippen LogP contribution in [-0.4, -0.2) is 37.5 Å². The lowest BCUT2D eigenvalue weighted by Gasteiger charge is -2.23. The fraction of sp³-hybridized carbons (Fsp3) is 0.750. The zero-order valence-corrected chi connectivity index (χ0v) is 9.67. The Balaban J connectivity index is 2.17. The molecule has 1 saturated heterocycles. The normalized spacial score (nSPS) is 21.0. The highest BCUT2D eigenvalue weighted by atomic mass is 16.2. The minimum absolute atomic E-state index is 0.237. The van der Waals surface area contributed by atoms with Crippen LogP contribution in [0.15, 0.2) is 12.7 Å². The Bertz CT molecular complexity index is 210. The lowest BCUT2D eigenvalue weighted by atomic mass is 9.94. The van der Waals surface area contributed by atoms with Crippen LogP contribution >= 0.6 is 0 Å². The molecule has 15 heavy (non-hydrogen) atoms. The monoisotopic (exact) mass is 210 g/mol. The van der Waals surface area contributed by atoms with E-state index >= 15 is 0 Å². The van der Waals surface area contributed by atoms with E-state index in [0.29, 0.717) is 18.9 Å². The SMILES string of the molecule is C=CCN(C)C(=O)CCC1CCCNC1. The maximum absolute atomic E-state index is 11.6. The van der Waals surface area contributed by atoms with Gasteiger partial charge in [-0.3, -0.25) is 4.79 Å². The molecule has 1 N–H and O–H groups in total. The first-order chi connectivity index (χ1) is 7.24. The number of carbonyl (C=O) groups is 1. The molecular weight excluding hydrogens is 188 g/mol. The molecule has 0 saturated carbocycles. The summed E-state index contributed by atoms with van der Waals surface area (Å²) in [7, 11) is 1.84. The van der Waals surface area contributed by atoms with Crippen LogP contribution < -0.4 is 5.32 Å². The molecule has 1 atom stereocenters. The van der Waals surface area contributed by atoms with Gasteiger partial charge in [-0.2, -0.15) is 0 Å². The molecule has 0 aromatic heterocycles. The van der Waals surface area contributed by atoms with Crippen molar-refractivity contribution in [1.29, 1.82) is 0 Å². The first-order valence-corrected chi connectivity index (χ1v) is 5.79. The van der Waals surface area contributed by atoms with Gasteiger partial charge >= 0.3 is 0 Å². The molecule has 1 fully saturated rings. The molecule has 0 aliphatic carbocycles. The van der Waals surface area contributed by atoms with Crippen LogP contribution in [0.25, 0.3) is 0 Å². The Morgan fingerprint density at radius 3 is 3.07 bits per heavy atom. The van der Waals surface area contributed by atoms with Crippen LogP contribution in [0.5, 0.6) is 0 Å². The zero-order valence-electron chi connectivity index (χ0n) is 9.67. The second-order valence-corrected chi connectivity index (χ2v) is 4.31. The average molecular weight is 210 g/mol. The van der Waals surface area contributed by atoms with E-state index in [-0.39, 0.29) is 5.91 Å². The van der Waals surface area contributed by atoms with Crippen LogP contribution in [0, 0.1) is 5.92 Å². The summed E-state index contributed by atoms with van der Waals surface area (Å²) in [6.45, 7) is 6.51. The number of hydrogen-bond donors (Lipinski definition) is 1. The first kappa shape index (κ1) is 12.2. The topological polar surface area (TPSA) is 32.3 Å². The molecule has 1 aliphatic heterocycles. The summed E-state index contributed by atoms with van der Waals surface area (Å²) >= 11 is 0. The molecule has 0 aromatic carbocycles. The van der Waals surface area contributed by atoms with Gasteiger partial charge in [0.1, 0.15) is 0 Å². The number of nitrogens with zero attached hydrogens (tertiary/aromatic N) is 1.